The fourth-order valence-corrected chi connectivity index (χ4v) is 2.58. The summed E-state index contributed by atoms with van der Waals surface area (Å²) in [6.07, 6.45) is 7.58. The Morgan fingerprint density at radius 2 is 1.83 bits per heavy atom. The molecule has 0 bridgehead atoms. The first-order valence-electron chi connectivity index (χ1n) is 7.53. The van der Waals surface area contributed by atoms with Crippen molar-refractivity contribution in [2.75, 3.05) is 12.4 Å². The molecule has 0 aliphatic carbocycles. The van der Waals surface area contributed by atoms with Gasteiger partial charge in [0.25, 0.3) is 0 Å². The highest BCUT2D eigenvalue weighted by atomic mass is 35.5. The fourth-order valence-electron chi connectivity index (χ4n) is 2.27. The standard InChI is InChI=1S/C15H30ClNO/c1-4-7-9-14(6-3)15(18)17-12-13(8-5-2)10-11-16/h13-14H,4-12H2,1-3H3,(H,17,18). The fraction of sp³-hybridized carbons (Fsp3) is 0.933. The van der Waals surface area contributed by atoms with E-state index in [0.29, 0.717) is 11.8 Å². The lowest BCUT2D eigenvalue weighted by atomic mass is 9.97. The number of nitrogens with one attached hydrogen (secondary N) is 1. The molecule has 2 unspecified atom stereocenters. The van der Waals surface area contributed by atoms with Gasteiger partial charge in [-0.3, -0.25) is 4.79 Å². The van der Waals surface area contributed by atoms with E-state index < -0.39 is 0 Å². The molecule has 1 amide bonds. The van der Waals surface area contributed by atoms with Crippen LogP contribution < -0.4 is 5.32 Å². The number of hydrogen-bond acceptors (Lipinski definition) is 1. The molecule has 0 spiro atoms. The number of rotatable bonds is 11. The van der Waals surface area contributed by atoms with Crippen molar-refractivity contribution in [3.8, 4) is 0 Å². The van der Waals surface area contributed by atoms with Crippen LogP contribution in [0.3, 0.4) is 0 Å². The predicted molar refractivity (Wildman–Crippen MR) is 80.1 cm³/mol. The number of amides is 1. The maximum Gasteiger partial charge on any atom is 0.223 e. The van der Waals surface area contributed by atoms with Crippen LogP contribution in [0.1, 0.15) is 65.7 Å². The molecule has 0 aromatic rings. The van der Waals surface area contributed by atoms with Crippen molar-refractivity contribution < 1.29 is 4.79 Å². The summed E-state index contributed by atoms with van der Waals surface area (Å²) < 4.78 is 0. The average molecular weight is 276 g/mol. The third-order valence-corrected chi connectivity index (χ3v) is 3.77. The molecule has 0 fully saturated rings. The largest absolute Gasteiger partial charge is 0.356 e. The molecule has 0 aliphatic heterocycles. The van der Waals surface area contributed by atoms with Crippen LogP contribution in [0, 0.1) is 11.8 Å². The molecule has 0 aromatic carbocycles. The third-order valence-electron chi connectivity index (χ3n) is 3.55. The minimum absolute atomic E-state index is 0.197. The first-order valence-corrected chi connectivity index (χ1v) is 8.06. The first kappa shape index (κ1) is 17.8. The summed E-state index contributed by atoms with van der Waals surface area (Å²) >= 11 is 5.79. The van der Waals surface area contributed by atoms with Crippen molar-refractivity contribution in [1.29, 1.82) is 0 Å². The third kappa shape index (κ3) is 7.97. The molecule has 18 heavy (non-hydrogen) atoms. The molecule has 108 valence electrons. The van der Waals surface area contributed by atoms with E-state index in [9.17, 15) is 4.79 Å². The Kier molecular flexibility index (Phi) is 11.7. The van der Waals surface area contributed by atoms with Crippen molar-refractivity contribution in [2.24, 2.45) is 11.8 Å². The molecule has 0 aromatic heterocycles. The van der Waals surface area contributed by atoms with Gasteiger partial charge in [0.15, 0.2) is 0 Å². The normalized spacial score (nSPS) is 14.2. The molecule has 1 N–H and O–H groups in total. The monoisotopic (exact) mass is 275 g/mol. The van der Waals surface area contributed by atoms with Gasteiger partial charge in [0.2, 0.25) is 5.91 Å². The van der Waals surface area contributed by atoms with Crippen molar-refractivity contribution in [1.82, 2.24) is 5.32 Å². The van der Waals surface area contributed by atoms with Crippen LogP contribution in [0.5, 0.6) is 0 Å². The average Bonchev–Trinajstić information content (AvgIpc) is 2.37. The van der Waals surface area contributed by atoms with Gasteiger partial charge in [0.05, 0.1) is 0 Å². The van der Waals surface area contributed by atoms with Crippen molar-refractivity contribution in [3.63, 3.8) is 0 Å². The lowest BCUT2D eigenvalue weighted by molar-refractivity contribution is -0.125. The van der Waals surface area contributed by atoms with Crippen molar-refractivity contribution in [3.05, 3.63) is 0 Å². The van der Waals surface area contributed by atoms with Gasteiger partial charge in [0, 0.05) is 18.3 Å². The van der Waals surface area contributed by atoms with Crippen molar-refractivity contribution >= 4 is 17.5 Å². The van der Waals surface area contributed by atoms with E-state index in [1.165, 1.54) is 0 Å². The summed E-state index contributed by atoms with van der Waals surface area (Å²) in [5.74, 6) is 1.66. The zero-order valence-electron chi connectivity index (χ0n) is 12.3. The summed E-state index contributed by atoms with van der Waals surface area (Å²) in [6, 6.07) is 0. The second-order valence-corrected chi connectivity index (χ2v) is 5.50. The predicted octanol–water partition coefficient (Wildman–Crippen LogP) is 4.36. The van der Waals surface area contributed by atoms with Crippen LogP contribution in [0.25, 0.3) is 0 Å². The van der Waals surface area contributed by atoms with E-state index in [2.05, 4.69) is 26.1 Å². The van der Waals surface area contributed by atoms with Gasteiger partial charge in [-0.25, -0.2) is 0 Å². The van der Waals surface area contributed by atoms with Crippen LogP contribution in [0.4, 0.5) is 0 Å². The van der Waals surface area contributed by atoms with Crippen LogP contribution in [0.2, 0.25) is 0 Å². The topological polar surface area (TPSA) is 29.1 Å². The summed E-state index contributed by atoms with van der Waals surface area (Å²) in [4.78, 5) is 12.0. The quantitative estimate of drug-likeness (QED) is 0.558. The van der Waals surface area contributed by atoms with E-state index in [0.717, 1.165) is 51.5 Å². The van der Waals surface area contributed by atoms with Gasteiger partial charge in [-0.05, 0) is 31.6 Å². The Labute approximate surface area is 118 Å². The Balaban J connectivity index is 4.02. The molecular formula is C15H30ClNO. The molecule has 2 atom stereocenters. The highest BCUT2D eigenvalue weighted by Gasteiger charge is 2.16. The molecular weight excluding hydrogens is 246 g/mol. The van der Waals surface area contributed by atoms with E-state index in [1.54, 1.807) is 0 Å². The summed E-state index contributed by atoms with van der Waals surface area (Å²) in [5, 5.41) is 3.11. The Hall–Kier alpha value is -0.240. The molecule has 2 nitrogen and oxygen atoms in total. The van der Waals surface area contributed by atoms with Gasteiger partial charge in [-0.2, -0.15) is 0 Å². The van der Waals surface area contributed by atoms with Crippen LogP contribution in [-0.4, -0.2) is 18.3 Å². The Bertz CT molecular complexity index is 203. The number of hydrogen-bond donors (Lipinski definition) is 1. The van der Waals surface area contributed by atoms with E-state index in [1.807, 2.05) is 0 Å². The number of unbranched alkanes of at least 4 members (excludes halogenated alkanes) is 1. The van der Waals surface area contributed by atoms with Crippen LogP contribution in [-0.2, 0) is 4.79 Å². The summed E-state index contributed by atoms with van der Waals surface area (Å²) in [5.41, 5.74) is 0. The molecule has 3 heteroatoms. The molecule has 0 heterocycles. The summed E-state index contributed by atoms with van der Waals surface area (Å²) in [7, 11) is 0. The number of alkyl halides is 1. The van der Waals surface area contributed by atoms with E-state index >= 15 is 0 Å². The summed E-state index contributed by atoms with van der Waals surface area (Å²) in [6.45, 7) is 7.24. The van der Waals surface area contributed by atoms with Gasteiger partial charge < -0.3 is 5.32 Å². The first-order chi connectivity index (χ1) is 8.69. The molecule has 0 aliphatic rings. The minimum atomic E-state index is 0.197. The number of halogens is 1. The lowest BCUT2D eigenvalue weighted by Gasteiger charge is -2.19. The second kappa shape index (κ2) is 11.8. The van der Waals surface area contributed by atoms with Crippen LogP contribution in [0.15, 0.2) is 0 Å². The SMILES string of the molecule is CCCCC(CC)C(=O)NCC(CCC)CCCl. The molecule has 0 radical (unpaired) electrons. The van der Waals surface area contributed by atoms with E-state index in [-0.39, 0.29) is 11.8 Å². The maximum atomic E-state index is 12.0. The molecule has 0 saturated carbocycles. The van der Waals surface area contributed by atoms with Gasteiger partial charge in [-0.1, -0.05) is 40.0 Å². The maximum absolute atomic E-state index is 12.0. The van der Waals surface area contributed by atoms with E-state index in [4.69, 9.17) is 11.6 Å². The number of carbonyl (C=O) groups is 1. The van der Waals surface area contributed by atoms with Crippen molar-refractivity contribution in [2.45, 2.75) is 65.7 Å². The van der Waals surface area contributed by atoms with Gasteiger partial charge in [0.1, 0.15) is 0 Å². The number of carbonyl (C=O) groups excluding carboxylic acids is 1. The zero-order chi connectivity index (χ0) is 13.8. The smallest absolute Gasteiger partial charge is 0.223 e. The molecule has 0 saturated heterocycles. The van der Waals surface area contributed by atoms with Crippen LogP contribution >= 0.6 is 11.6 Å². The Morgan fingerprint density at radius 1 is 1.11 bits per heavy atom. The lowest BCUT2D eigenvalue weighted by Crippen LogP contribution is -2.34. The van der Waals surface area contributed by atoms with Gasteiger partial charge in [-0.15, -0.1) is 11.6 Å². The Morgan fingerprint density at radius 3 is 2.33 bits per heavy atom. The minimum Gasteiger partial charge on any atom is -0.356 e. The second-order valence-electron chi connectivity index (χ2n) is 5.12. The molecule has 0 rings (SSSR count). The highest BCUT2D eigenvalue weighted by Crippen LogP contribution is 2.14. The highest BCUT2D eigenvalue weighted by molar-refractivity contribution is 6.17. The van der Waals surface area contributed by atoms with Gasteiger partial charge >= 0.3 is 0 Å². The zero-order valence-corrected chi connectivity index (χ0v) is 13.1.